The highest BCUT2D eigenvalue weighted by atomic mass is 127. The molecular weight excluding hydrogens is 367 g/mol. The molecule has 1 fully saturated rings. The van der Waals surface area contributed by atoms with Gasteiger partial charge in [0.15, 0.2) is 0 Å². The quantitative estimate of drug-likeness (QED) is 0.780. The highest BCUT2D eigenvalue weighted by molar-refractivity contribution is 14.1. The average molecular weight is 388 g/mol. The summed E-state index contributed by atoms with van der Waals surface area (Å²) in [6.45, 7) is 2.62. The van der Waals surface area contributed by atoms with Crippen molar-refractivity contribution in [3.05, 3.63) is 27.3 Å². The fraction of sp³-hybridized carbons (Fsp3) is 0.533. The molecule has 0 radical (unpaired) electrons. The Balaban J connectivity index is 1.96. The monoisotopic (exact) mass is 388 g/mol. The van der Waals surface area contributed by atoms with E-state index in [4.69, 9.17) is 0 Å². The molecule has 0 aliphatic carbocycles. The standard InChI is InChI=1S/C15H21IN2O2/c1-17-7-4-11-5-8-18(9-6-11)15(20)13-10-12(16)2-3-14(13)19/h2-3,10-11,17,19H,4-9H2,1H3. The van der Waals surface area contributed by atoms with Crippen LogP contribution >= 0.6 is 22.6 Å². The van der Waals surface area contributed by atoms with Gasteiger partial charge in [-0.3, -0.25) is 4.79 Å². The topological polar surface area (TPSA) is 52.6 Å². The van der Waals surface area contributed by atoms with Crippen LogP contribution in [-0.2, 0) is 0 Å². The van der Waals surface area contributed by atoms with E-state index in [0.29, 0.717) is 11.5 Å². The predicted molar refractivity (Wildman–Crippen MR) is 88.0 cm³/mol. The lowest BCUT2D eigenvalue weighted by Crippen LogP contribution is -2.39. The molecule has 1 aliphatic rings. The van der Waals surface area contributed by atoms with Crippen LogP contribution in [0, 0.1) is 9.49 Å². The van der Waals surface area contributed by atoms with Crippen LogP contribution in [0.1, 0.15) is 29.6 Å². The van der Waals surface area contributed by atoms with Gasteiger partial charge in [-0.1, -0.05) is 0 Å². The molecule has 0 atom stereocenters. The third kappa shape index (κ3) is 3.85. The second-order valence-electron chi connectivity index (χ2n) is 5.29. The molecule has 2 N–H and O–H groups in total. The van der Waals surface area contributed by atoms with Crippen LogP contribution < -0.4 is 5.32 Å². The summed E-state index contributed by atoms with van der Waals surface area (Å²) in [5.74, 6) is 0.733. The van der Waals surface area contributed by atoms with E-state index in [2.05, 4.69) is 27.9 Å². The summed E-state index contributed by atoms with van der Waals surface area (Å²) in [5, 5.41) is 13.0. The number of carbonyl (C=O) groups excluding carboxylic acids is 1. The van der Waals surface area contributed by atoms with E-state index in [-0.39, 0.29) is 11.7 Å². The van der Waals surface area contributed by atoms with Gasteiger partial charge in [0.05, 0.1) is 5.56 Å². The van der Waals surface area contributed by atoms with Crippen molar-refractivity contribution in [2.24, 2.45) is 5.92 Å². The number of halogens is 1. The van der Waals surface area contributed by atoms with Crippen LogP contribution in [0.15, 0.2) is 18.2 Å². The highest BCUT2D eigenvalue weighted by Crippen LogP contribution is 2.25. The fourth-order valence-corrected chi connectivity index (χ4v) is 3.11. The number of nitrogens with one attached hydrogen (secondary N) is 1. The van der Waals surface area contributed by atoms with Crippen molar-refractivity contribution < 1.29 is 9.90 Å². The third-order valence-corrected chi connectivity index (χ3v) is 4.56. The Bertz CT molecular complexity index is 471. The van der Waals surface area contributed by atoms with Gasteiger partial charge >= 0.3 is 0 Å². The van der Waals surface area contributed by atoms with Crippen molar-refractivity contribution in [1.82, 2.24) is 10.2 Å². The van der Waals surface area contributed by atoms with Gasteiger partial charge in [-0.25, -0.2) is 0 Å². The summed E-state index contributed by atoms with van der Waals surface area (Å²) >= 11 is 2.16. The first kappa shape index (κ1) is 15.6. The summed E-state index contributed by atoms with van der Waals surface area (Å²) in [5.41, 5.74) is 0.422. The molecule has 5 heteroatoms. The molecule has 1 aliphatic heterocycles. The number of amides is 1. The first-order chi connectivity index (χ1) is 9.61. The molecule has 1 amide bonds. The van der Waals surface area contributed by atoms with Crippen LogP contribution in [0.5, 0.6) is 5.75 Å². The van der Waals surface area contributed by atoms with Crippen molar-refractivity contribution in [3.63, 3.8) is 0 Å². The van der Waals surface area contributed by atoms with Crippen molar-refractivity contribution >= 4 is 28.5 Å². The van der Waals surface area contributed by atoms with E-state index in [0.717, 1.165) is 36.0 Å². The van der Waals surface area contributed by atoms with Gasteiger partial charge in [-0.05, 0) is 79.6 Å². The van der Waals surface area contributed by atoms with Crippen LogP contribution in [0.3, 0.4) is 0 Å². The number of phenols is 1. The smallest absolute Gasteiger partial charge is 0.257 e. The Labute approximate surface area is 133 Å². The molecule has 0 aromatic heterocycles. The van der Waals surface area contributed by atoms with E-state index < -0.39 is 0 Å². The van der Waals surface area contributed by atoms with Crippen LogP contribution in [-0.4, -0.2) is 42.6 Å². The van der Waals surface area contributed by atoms with Crippen molar-refractivity contribution in [1.29, 1.82) is 0 Å². The van der Waals surface area contributed by atoms with E-state index >= 15 is 0 Å². The molecule has 0 bridgehead atoms. The molecule has 0 unspecified atom stereocenters. The molecule has 2 rings (SSSR count). The molecule has 1 aromatic carbocycles. The Morgan fingerprint density at radius 2 is 2.15 bits per heavy atom. The van der Waals surface area contributed by atoms with Crippen LogP contribution in [0.4, 0.5) is 0 Å². The summed E-state index contributed by atoms with van der Waals surface area (Å²) in [6.07, 6.45) is 3.28. The Morgan fingerprint density at radius 1 is 1.45 bits per heavy atom. The number of carbonyl (C=O) groups is 1. The predicted octanol–water partition coefficient (Wildman–Crippen LogP) is 2.46. The molecular formula is C15H21IN2O2. The minimum atomic E-state index is -0.0481. The minimum Gasteiger partial charge on any atom is -0.507 e. The number of aromatic hydroxyl groups is 1. The number of benzene rings is 1. The molecule has 1 aromatic rings. The maximum atomic E-state index is 12.4. The molecule has 0 saturated carbocycles. The van der Waals surface area contributed by atoms with Gasteiger partial charge in [0.1, 0.15) is 5.75 Å². The zero-order chi connectivity index (χ0) is 14.5. The number of rotatable bonds is 4. The lowest BCUT2D eigenvalue weighted by atomic mass is 9.93. The van der Waals surface area contributed by atoms with E-state index in [1.165, 1.54) is 6.42 Å². The maximum absolute atomic E-state index is 12.4. The number of nitrogens with zero attached hydrogens (tertiary/aromatic N) is 1. The van der Waals surface area contributed by atoms with Crippen molar-refractivity contribution in [2.45, 2.75) is 19.3 Å². The minimum absolute atomic E-state index is 0.0481. The van der Waals surface area contributed by atoms with Crippen LogP contribution in [0.2, 0.25) is 0 Å². The number of hydrogen-bond acceptors (Lipinski definition) is 3. The van der Waals surface area contributed by atoms with Crippen molar-refractivity contribution in [3.8, 4) is 5.75 Å². The highest BCUT2D eigenvalue weighted by Gasteiger charge is 2.24. The van der Waals surface area contributed by atoms with Gasteiger partial charge in [0, 0.05) is 16.7 Å². The summed E-state index contributed by atoms with van der Waals surface area (Å²) in [7, 11) is 1.97. The lowest BCUT2D eigenvalue weighted by molar-refractivity contribution is 0.0684. The van der Waals surface area contributed by atoms with E-state index in [1.54, 1.807) is 18.2 Å². The SMILES string of the molecule is CNCCC1CCN(C(=O)c2cc(I)ccc2O)CC1. The third-order valence-electron chi connectivity index (χ3n) is 3.89. The molecule has 110 valence electrons. The fourth-order valence-electron chi connectivity index (χ4n) is 2.62. The Morgan fingerprint density at radius 3 is 2.80 bits per heavy atom. The van der Waals surface area contributed by atoms with Gasteiger partial charge in [-0.15, -0.1) is 0 Å². The first-order valence-corrected chi connectivity index (χ1v) is 8.12. The molecule has 20 heavy (non-hydrogen) atoms. The number of hydrogen-bond donors (Lipinski definition) is 2. The second kappa shape index (κ2) is 7.26. The summed E-state index contributed by atoms with van der Waals surface area (Å²) in [6, 6.07) is 5.15. The maximum Gasteiger partial charge on any atom is 0.257 e. The van der Waals surface area contributed by atoms with Gasteiger partial charge < -0.3 is 15.3 Å². The number of phenolic OH excluding ortho intramolecular Hbond substituents is 1. The van der Waals surface area contributed by atoms with Crippen LogP contribution in [0.25, 0.3) is 0 Å². The van der Waals surface area contributed by atoms with Gasteiger partial charge in [-0.2, -0.15) is 0 Å². The lowest BCUT2D eigenvalue weighted by Gasteiger charge is -2.32. The number of likely N-dealkylation sites (tertiary alicyclic amines) is 1. The number of piperidine rings is 1. The largest absolute Gasteiger partial charge is 0.507 e. The zero-order valence-corrected chi connectivity index (χ0v) is 13.9. The molecule has 4 nitrogen and oxygen atoms in total. The van der Waals surface area contributed by atoms with Crippen molar-refractivity contribution in [2.75, 3.05) is 26.7 Å². The molecule has 1 heterocycles. The van der Waals surface area contributed by atoms with E-state index in [9.17, 15) is 9.90 Å². The average Bonchev–Trinajstić information content (AvgIpc) is 2.47. The molecule has 0 spiro atoms. The molecule has 1 saturated heterocycles. The summed E-state index contributed by atoms with van der Waals surface area (Å²) in [4.78, 5) is 14.3. The van der Waals surface area contributed by atoms with E-state index in [1.807, 2.05) is 11.9 Å². The zero-order valence-electron chi connectivity index (χ0n) is 11.7. The van der Waals surface area contributed by atoms with Gasteiger partial charge in [0.2, 0.25) is 0 Å². The summed E-state index contributed by atoms with van der Waals surface area (Å²) < 4.78 is 0.965. The Hall–Kier alpha value is -0.820. The first-order valence-electron chi connectivity index (χ1n) is 7.04. The second-order valence-corrected chi connectivity index (χ2v) is 6.53. The normalized spacial score (nSPS) is 16.4. The van der Waals surface area contributed by atoms with Gasteiger partial charge in [0.25, 0.3) is 5.91 Å². The Kier molecular flexibility index (Phi) is 5.65.